The van der Waals surface area contributed by atoms with E-state index in [0.29, 0.717) is 27.8 Å². The summed E-state index contributed by atoms with van der Waals surface area (Å²) in [5.74, 6) is -0.905. The van der Waals surface area contributed by atoms with Crippen molar-refractivity contribution in [3.63, 3.8) is 0 Å². The van der Waals surface area contributed by atoms with E-state index < -0.39 is 40.5 Å². The summed E-state index contributed by atoms with van der Waals surface area (Å²) in [4.78, 5) is 34.5. The smallest absolute Gasteiger partial charge is 0.415 e. The fourth-order valence-electron chi connectivity index (χ4n) is 3.95. The van der Waals surface area contributed by atoms with Gasteiger partial charge in [0.05, 0.1) is 10.9 Å². The minimum atomic E-state index is -3.96. The number of sulfonamides is 1. The van der Waals surface area contributed by atoms with Gasteiger partial charge in [-0.15, -0.1) is 0 Å². The van der Waals surface area contributed by atoms with Crippen LogP contribution in [0.25, 0.3) is 11.1 Å². The lowest BCUT2D eigenvalue weighted by Crippen LogP contribution is -2.34. The van der Waals surface area contributed by atoms with Gasteiger partial charge in [0.1, 0.15) is 5.84 Å². The van der Waals surface area contributed by atoms with Gasteiger partial charge in [-0.2, -0.15) is 0 Å². The number of rotatable bonds is 9. The number of carbonyl (C=O) groups is 3. The zero-order chi connectivity index (χ0) is 29.4. The van der Waals surface area contributed by atoms with Crippen LogP contribution in [0.1, 0.15) is 36.6 Å². The molecule has 0 heterocycles. The quantitative estimate of drug-likeness (QED) is 0.112. The molecule has 0 saturated carbocycles. The number of benzene rings is 3. The van der Waals surface area contributed by atoms with Crippen molar-refractivity contribution in [1.82, 2.24) is 10.6 Å². The Morgan fingerprint density at radius 2 is 1.68 bits per heavy atom. The molecule has 3 aromatic carbocycles. The Hall–Kier alpha value is -4.75. The maximum absolute atomic E-state index is 12.0. The first kappa shape index (κ1) is 29.8. The summed E-state index contributed by atoms with van der Waals surface area (Å²) in [6.07, 6.45) is -3.17. The Balaban J connectivity index is 1.78. The lowest BCUT2D eigenvalue weighted by Gasteiger charge is -2.19. The predicted octanol–water partition coefficient (Wildman–Crippen LogP) is 3.51. The number of alkyl carbamates (subject to hydrolysis) is 1. The van der Waals surface area contributed by atoms with Gasteiger partial charge in [0.2, 0.25) is 16.3 Å². The lowest BCUT2D eigenvalue weighted by molar-refractivity contribution is -0.161. The molecule has 40 heavy (non-hydrogen) atoms. The molecule has 6 N–H and O–H groups in total. The van der Waals surface area contributed by atoms with Crippen molar-refractivity contribution in [2.75, 3.05) is 0 Å². The van der Waals surface area contributed by atoms with E-state index in [1.54, 1.807) is 66.7 Å². The molecule has 2 unspecified atom stereocenters. The number of esters is 1. The summed E-state index contributed by atoms with van der Waals surface area (Å²) in [5.41, 5.74) is 2.60. The Kier molecular flexibility index (Phi) is 9.59. The van der Waals surface area contributed by atoms with Crippen LogP contribution in [0.4, 0.5) is 9.59 Å². The normalized spacial score (nSPS) is 12.5. The van der Waals surface area contributed by atoms with Crippen molar-refractivity contribution in [2.45, 2.75) is 37.5 Å². The molecule has 13 heteroatoms. The Morgan fingerprint density at radius 3 is 2.30 bits per heavy atom. The first-order valence-corrected chi connectivity index (χ1v) is 13.4. The molecule has 210 valence electrons. The van der Waals surface area contributed by atoms with Crippen molar-refractivity contribution in [3.05, 3.63) is 89.5 Å². The number of primary sulfonamides is 1. The minimum absolute atomic E-state index is 0.0273. The van der Waals surface area contributed by atoms with Crippen LogP contribution in [0.2, 0.25) is 0 Å². The van der Waals surface area contributed by atoms with E-state index in [1.807, 2.05) is 0 Å². The molecule has 2 amide bonds. The van der Waals surface area contributed by atoms with E-state index in [4.69, 9.17) is 20.0 Å². The average Bonchev–Trinajstić information content (AvgIpc) is 2.87. The van der Waals surface area contributed by atoms with Crippen molar-refractivity contribution < 1.29 is 37.4 Å². The lowest BCUT2D eigenvalue weighted by atomic mass is 9.95. The van der Waals surface area contributed by atoms with Crippen LogP contribution in [-0.4, -0.2) is 43.8 Å². The number of nitrogens with two attached hydrogens (primary N) is 1. The Morgan fingerprint density at radius 1 is 1.00 bits per heavy atom. The summed E-state index contributed by atoms with van der Waals surface area (Å²) in [6, 6.07) is 18.9. The number of ether oxygens (including phenoxy) is 2. The van der Waals surface area contributed by atoms with Gasteiger partial charge >= 0.3 is 18.2 Å². The first-order valence-electron chi connectivity index (χ1n) is 11.9. The molecule has 0 saturated heterocycles. The number of nitrogens with one attached hydrogen (secondary N) is 3. The van der Waals surface area contributed by atoms with E-state index in [0.717, 1.165) is 0 Å². The van der Waals surface area contributed by atoms with Gasteiger partial charge in [0.15, 0.2) is 0 Å². The summed E-state index contributed by atoms with van der Waals surface area (Å²) in [6.45, 7) is 2.52. The average molecular weight is 569 g/mol. The second-order valence-electron chi connectivity index (χ2n) is 8.65. The molecule has 0 aliphatic heterocycles. The largest absolute Gasteiger partial charge is 0.465 e. The second kappa shape index (κ2) is 12.9. The zero-order valence-electron chi connectivity index (χ0n) is 21.6. The number of carbonyl (C=O) groups excluding carboxylic acids is 2. The third-order valence-electron chi connectivity index (χ3n) is 5.60. The second-order valence-corrected chi connectivity index (χ2v) is 10.2. The summed E-state index contributed by atoms with van der Waals surface area (Å²) >= 11 is 0. The number of hydrogen-bond acceptors (Lipinski definition) is 8. The highest BCUT2D eigenvalue weighted by Gasteiger charge is 2.19. The minimum Gasteiger partial charge on any atom is -0.465 e. The third-order valence-corrected chi connectivity index (χ3v) is 6.57. The van der Waals surface area contributed by atoms with Gasteiger partial charge in [-0.1, -0.05) is 60.7 Å². The molecule has 0 bridgehead atoms. The van der Waals surface area contributed by atoms with Crippen molar-refractivity contribution in [1.29, 1.82) is 5.41 Å². The fourth-order valence-corrected chi connectivity index (χ4v) is 4.71. The summed E-state index contributed by atoms with van der Waals surface area (Å²) < 4.78 is 33.6. The van der Waals surface area contributed by atoms with Gasteiger partial charge in [0.25, 0.3) is 0 Å². The van der Waals surface area contributed by atoms with Crippen LogP contribution in [-0.2, 0) is 30.7 Å². The van der Waals surface area contributed by atoms with Gasteiger partial charge in [-0.25, -0.2) is 23.1 Å². The molecule has 12 nitrogen and oxygen atoms in total. The highest BCUT2D eigenvalue weighted by molar-refractivity contribution is 7.89. The van der Waals surface area contributed by atoms with E-state index in [2.05, 4.69) is 10.6 Å². The van der Waals surface area contributed by atoms with Crippen molar-refractivity contribution in [3.8, 4) is 11.1 Å². The highest BCUT2D eigenvalue weighted by atomic mass is 32.2. The molecular weight excluding hydrogens is 540 g/mol. The molecule has 0 aliphatic rings. The highest BCUT2D eigenvalue weighted by Crippen LogP contribution is 2.28. The number of hydrogen-bond donors (Lipinski definition) is 5. The summed E-state index contributed by atoms with van der Waals surface area (Å²) in [7, 11) is -3.96. The van der Waals surface area contributed by atoms with Crippen LogP contribution in [0, 0.1) is 5.41 Å². The summed E-state index contributed by atoms with van der Waals surface area (Å²) in [5, 5.41) is 27.7. The van der Waals surface area contributed by atoms with E-state index in [9.17, 15) is 27.9 Å². The molecule has 3 aromatic rings. The van der Waals surface area contributed by atoms with Crippen LogP contribution in [0.5, 0.6) is 0 Å². The van der Waals surface area contributed by atoms with Crippen LogP contribution in [0.3, 0.4) is 0 Å². The monoisotopic (exact) mass is 568 g/mol. The topological polar surface area (TPSA) is 198 Å². The SMILES string of the molecule is CC(=O)OC(C)OC(=O)NC(=N)c1cccc(CC(NC(=O)O)c2ccc(-c3ccccc3S(N)(=O)=O)cc2)c1. The molecule has 3 rings (SSSR count). The van der Waals surface area contributed by atoms with Gasteiger partial charge < -0.3 is 19.9 Å². The van der Waals surface area contributed by atoms with Crippen molar-refractivity contribution >= 4 is 34.0 Å². The first-order chi connectivity index (χ1) is 18.8. The third kappa shape index (κ3) is 8.38. The van der Waals surface area contributed by atoms with Crippen LogP contribution < -0.4 is 15.8 Å². The number of amidine groups is 1. The van der Waals surface area contributed by atoms with E-state index in [1.165, 1.54) is 19.9 Å². The van der Waals surface area contributed by atoms with E-state index >= 15 is 0 Å². The van der Waals surface area contributed by atoms with Crippen LogP contribution >= 0.6 is 0 Å². The maximum atomic E-state index is 12.0. The van der Waals surface area contributed by atoms with Crippen molar-refractivity contribution in [2.24, 2.45) is 5.14 Å². The van der Waals surface area contributed by atoms with Gasteiger partial charge in [0, 0.05) is 25.0 Å². The molecule has 0 fully saturated rings. The van der Waals surface area contributed by atoms with Gasteiger partial charge in [-0.05, 0) is 35.2 Å². The number of amides is 2. The van der Waals surface area contributed by atoms with Crippen LogP contribution in [0.15, 0.2) is 77.7 Å². The molecule has 0 aliphatic carbocycles. The zero-order valence-corrected chi connectivity index (χ0v) is 22.4. The Bertz CT molecular complexity index is 1520. The van der Waals surface area contributed by atoms with E-state index in [-0.39, 0.29) is 17.2 Å². The molecular formula is C27H28N4O8S. The maximum Gasteiger partial charge on any atom is 0.415 e. The Labute approximate surface area is 230 Å². The van der Waals surface area contributed by atoms with Gasteiger partial charge in [-0.3, -0.25) is 15.5 Å². The number of carboxylic acid groups (broad SMARTS) is 1. The molecule has 2 atom stereocenters. The molecule has 0 aromatic heterocycles. The molecule has 0 spiro atoms. The fraction of sp³-hybridized carbons (Fsp3) is 0.185. The molecule has 0 radical (unpaired) electrons. The standard InChI is InChI=1S/C27H28N4O8S/c1-16(32)38-17(2)39-27(35)31-25(28)21-7-5-6-18(14-21)15-23(30-26(33)34)20-12-10-19(11-13-20)22-8-3-4-9-24(22)40(29,36)37/h3-14,17,23,30H,15H2,1-2H3,(H,33,34)(H2,28,31,35)(H2,29,36,37). The predicted molar refractivity (Wildman–Crippen MR) is 145 cm³/mol.